The summed E-state index contributed by atoms with van der Waals surface area (Å²) in [5.74, 6) is 0.474. The van der Waals surface area contributed by atoms with Crippen LogP contribution >= 0.6 is 0 Å². The van der Waals surface area contributed by atoms with Crippen molar-refractivity contribution in [1.82, 2.24) is 0 Å². The smallest absolute Gasteiger partial charge is 0.143 e. The average Bonchev–Trinajstić information content (AvgIpc) is 2.56. The minimum Gasteiger partial charge on any atom is -0.299 e. The molecule has 0 bridgehead atoms. The highest BCUT2D eigenvalue weighted by Gasteiger charge is 2.50. The molecule has 1 nitrogen and oxygen atoms in total. The van der Waals surface area contributed by atoms with Crippen molar-refractivity contribution in [3.05, 3.63) is 34.9 Å². The lowest BCUT2D eigenvalue weighted by molar-refractivity contribution is -0.131. The van der Waals surface area contributed by atoms with E-state index in [1.807, 2.05) is 0 Å². The Morgan fingerprint density at radius 2 is 2.00 bits per heavy atom. The fraction of sp³-hybridized carbons (Fsp3) is 0.462. The number of hydrogen-bond acceptors (Lipinski definition) is 1. The van der Waals surface area contributed by atoms with Crippen LogP contribution in [-0.2, 0) is 16.6 Å². The van der Waals surface area contributed by atoms with Crippen molar-refractivity contribution < 1.29 is 4.79 Å². The number of hydrogen-bond donors (Lipinski definition) is 0. The Hall–Kier alpha value is -1.11. The van der Waals surface area contributed by atoms with Gasteiger partial charge in [0.15, 0.2) is 0 Å². The summed E-state index contributed by atoms with van der Waals surface area (Å²) in [7, 11) is 0. The average molecular weight is 186 g/mol. The Morgan fingerprint density at radius 1 is 1.21 bits per heavy atom. The zero-order valence-electron chi connectivity index (χ0n) is 8.47. The third kappa shape index (κ3) is 0.827. The van der Waals surface area contributed by atoms with Crippen LogP contribution < -0.4 is 0 Å². The topological polar surface area (TPSA) is 17.1 Å². The number of ketones is 1. The van der Waals surface area contributed by atoms with Gasteiger partial charge in [-0.25, -0.2) is 0 Å². The summed E-state index contributed by atoms with van der Waals surface area (Å²) >= 11 is 0. The lowest BCUT2D eigenvalue weighted by atomic mass is 9.64. The number of aryl methyl sites for hydroxylation is 2. The highest BCUT2D eigenvalue weighted by Crippen LogP contribution is 2.50. The molecule has 2 aliphatic carbocycles. The van der Waals surface area contributed by atoms with Gasteiger partial charge < -0.3 is 0 Å². The van der Waals surface area contributed by atoms with Crippen molar-refractivity contribution in [1.29, 1.82) is 0 Å². The van der Waals surface area contributed by atoms with E-state index in [1.165, 1.54) is 16.7 Å². The molecule has 1 fully saturated rings. The standard InChI is InChI=1S/C13H14O/c1-9-2-3-10-4-6-13(11(10)8-9)7-5-12(13)14/h2-3,8H,4-7H2,1H3. The van der Waals surface area contributed by atoms with Gasteiger partial charge in [0.05, 0.1) is 5.41 Å². The van der Waals surface area contributed by atoms with Gasteiger partial charge in [0, 0.05) is 6.42 Å². The first-order valence-corrected chi connectivity index (χ1v) is 5.36. The third-order valence-corrected chi connectivity index (χ3v) is 3.91. The van der Waals surface area contributed by atoms with E-state index >= 15 is 0 Å². The van der Waals surface area contributed by atoms with E-state index in [1.54, 1.807) is 0 Å². The van der Waals surface area contributed by atoms with Crippen LogP contribution in [0.3, 0.4) is 0 Å². The van der Waals surface area contributed by atoms with Gasteiger partial charge in [-0.05, 0) is 37.3 Å². The van der Waals surface area contributed by atoms with Gasteiger partial charge in [-0.1, -0.05) is 23.8 Å². The van der Waals surface area contributed by atoms with Crippen LogP contribution in [0.1, 0.15) is 36.0 Å². The molecule has 0 aromatic heterocycles. The first-order valence-electron chi connectivity index (χ1n) is 5.36. The maximum Gasteiger partial charge on any atom is 0.143 e. The zero-order chi connectivity index (χ0) is 9.76. The normalized spacial score (nSPS) is 29.1. The van der Waals surface area contributed by atoms with Gasteiger partial charge in [-0.15, -0.1) is 0 Å². The van der Waals surface area contributed by atoms with Crippen LogP contribution in [0, 0.1) is 6.92 Å². The minimum atomic E-state index is -0.0403. The molecule has 1 heteroatoms. The number of carbonyl (C=O) groups is 1. The summed E-state index contributed by atoms with van der Waals surface area (Å²) in [5.41, 5.74) is 3.99. The lowest BCUT2D eigenvalue weighted by Crippen LogP contribution is -2.43. The van der Waals surface area contributed by atoms with Crippen molar-refractivity contribution in [3.63, 3.8) is 0 Å². The molecule has 1 aromatic rings. The fourth-order valence-electron chi connectivity index (χ4n) is 2.91. The Balaban J connectivity index is 2.17. The summed E-state index contributed by atoms with van der Waals surface area (Å²) in [6.45, 7) is 2.11. The summed E-state index contributed by atoms with van der Waals surface area (Å²) in [5, 5.41) is 0. The van der Waals surface area contributed by atoms with Crippen molar-refractivity contribution in [2.75, 3.05) is 0 Å². The SMILES string of the molecule is Cc1ccc2c(c1)C1(CCC1=O)CC2. The van der Waals surface area contributed by atoms with Gasteiger partial charge in [-0.2, -0.15) is 0 Å². The van der Waals surface area contributed by atoms with Crippen LogP contribution in [0.15, 0.2) is 18.2 Å². The second-order valence-corrected chi connectivity index (χ2v) is 4.67. The molecule has 1 saturated carbocycles. The quantitative estimate of drug-likeness (QED) is 0.608. The summed E-state index contributed by atoms with van der Waals surface area (Å²) in [6, 6.07) is 6.57. The molecule has 2 aliphatic rings. The Bertz CT molecular complexity index is 419. The van der Waals surface area contributed by atoms with Gasteiger partial charge in [0.2, 0.25) is 0 Å². The molecule has 14 heavy (non-hydrogen) atoms. The number of benzene rings is 1. The monoisotopic (exact) mass is 186 g/mol. The number of fused-ring (bicyclic) bond motifs is 2. The highest BCUT2D eigenvalue weighted by atomic mass is 16.1. The molecule has 0 radical (unpaired) electrons. The van der Waals surface area contributed by atoms with Crippen LogP contribution in [0.2, 0.25) is 0 Å². The highest BCUT2D eigenvalue weighted by molar-refractivity contribution is 5.97. The molecule has 0 heterocycles. The fourth-order valence-corrected chi connectivity index (χ4v) is 2.91. The van der Waals surface area contributed by atoms with Crippen LogP contribution in [0.4, 0.5) is 0 Å². The number of carbonyl (C=O) groups excluding carboxylic acids is 1. The molecule has 1 unspecified atom stereocenters. The lowest BCUT2D eigenvalue weighted by Gasteiger charge is -2.37. The summed E-state index contributed by atoms with van der Waals surface area (Å²) in [6.07, 6.45) is 4.04. The maximum absolute atomic E-state index is 11.7. The number of Topliss-reactive ketones (excluding diaryl/α,β-unsaturated/α-hetero) is 1. The van der Waals surface area contributed by atoms with E-state index in [0.717, 1.165) is 25.7 Å². The molecule has 0 N–H and O–H groups in total. The first-order chi connectivity index (χ1) is 6.72. The van der Waals surface area contributed by atoms with E-state index < -0.39 is 0 Å². The zero-order valence-corrected chi connectivity index (χ0v) is 8.47. The molecule has 1 atom stereocenters. The molecular formula is C13H14O. The maximum atomic E-state index is 11.7. The van der Waals surface area contributed by atoms with Crippen LogP contribution in [0.5, 0.6) is 0 Å². The Kier molecular flexibility index (Phi) is 1.45. The van der Waals surface area contributed by atoms with E-state index in [2.05, 4.69) is 25.1 Å². The molecule has 0 amide bonds. The Morgan fingerprint density at radius 3 is 2.64 bits per heavy atom. The van der Waals surface area contributed by atoms with Crippen molar-refractivity contribution in [2.45, 2.75) is 38.0 Å². The van der Waals surface area contributed by atoms with Crippen LogP contribution in [0.25, 0.3) is 0 Å². The molecule has 1 aromatic carbocycles. The van der Waals surface area contributed by atoms with Gasteiger partial charge in [0.25, 0.3) is 0 Å². The van der Waals surface area contributed by atoms with Gasteiger partial charge >= 0.3 is 0 Å². The second kappa shape index (κ2) is 2.47. The molecule has 3 rings (SSSR count). The van der Waals surface area contributed by atoms with Crippen molar-refractivity contribution >= 4 is 5.78 Å². The van der Waals surface area contributed by atoms with E-state index in [4.69, 9.17) is 0 Å². The second-order valence-electron chi connectivity index (χ2n) is 4.67. The Labute approximate surface area is 84.1 Å². The minimum absolute atomic E-state index is 0.0403. The van der Waals surface area contributed by atoms with Gasteiger partial charge in [0.1, 0.15) is 5.78 Å². The van der Waals surface area contributed by atoms with E-state index in [0.29, 0.717) is 5.78 Å². The van der Waals surface area contributed by atoms with Gasteiger partial charge in [-0.3, -0.25) is 4.79 Å². The predicted molar refractivity (Wildman–Crippen MR) is 55.4 cm³/mol. The van der Waals surface area contributed by atoms with Crippen LogP contribution in [-0.4, -0.2) is 5.78 Å². The van der Waals surface area contributed by atoms with E-state index in [-0.39, 0.29) is 5.41 Å². The summed E-state index contributed by atoms with van der Waals surface area (Å²) < 4.78 is 0. The molecule has 0 aliphatic heterocycles. The van der Waals surface area contributed by atoms with E-state index in [9.17, 15) is 4.79 Å². The first kappa shape index (κ1) is 8.22. The largest absolute Gasteiger partial charge is 0.299 e. The molecule has 0 saturated heterocycles. The molecule has 72 valence electrons. The third-order valence-electron chi connectivity index (χ3n) is 3.91. The number of rotatable bonds is 0. The predicted octanol–water partition coefficient (Wildman–Crippen LogP) is 2.54. The molecule has 1 spiro atoms. The summed E-state index contributed by atoms with van der Waals surface area (Å²) in [4.78, 5) is 11.7. The van der Waals surface area contributed by atoms with Crippen molar-refractivity contribution in [2.24, 2.45) is 0 Å². The van der Waals surface area contributed by atoms with Crippen molar-refractivity contribution in [3.8, 4) is 0 Å². The molecular weight excluding hydrogens is 172 g/mol.